The van der Waals surface area contributed by atoms with E-state index in [1.54, 1.807) is 11.0 Å². The Morgan fingerprint density at radius 2 is 2.04 bits per heavy atom. The van der Waals surface area contributed by atoms with Gasteiger partial charge < -0.3 is 5.32 Å². The maximum atomic E-state index is 13.6. The van der Waals surface area contributed by atoms with E-state index < -0.39 is 5.54 Å². The third-order valence-electron chi connectivity index (χ3n) is 5.56. The fraction of sp³-hybridized carbons (Fsp3) is 0.579. The van der Waals surface area contributed by atoms with Crippen molar-refractivity contribution >= 4 is 11.6 Å². The molecule has 1 aliphatic carbocycles. The van der Waals surface area contributed by atoms with E-state index in [4.69, 9.17) is 0 Å². The molecule has 0 bridgehead atoms. The highest BCUT2D eigenvalue weighted by Gasteiger charge is 2.43. The molecule has 1 aliphatic rings. The summed E-state index contributed by atoms with van der Waals surface area (Å²) in [6, 6.07) is 5.55. The molecule has 0 saturated heterocycles. The molecular weight excluding hydrogens is 356 g/mol. The normalized spacial score (nSPS) is 17.7. The quantitative estimate of drug-likeness (QED) is 0.701. The van der Waals surface area contributed by atoms with Crippen molar-refractivity contribution in [2.45, 2.75) is 64.0 Å². The number of amides is 1. The first-order valence-electron chi connectivity index (χ1n) is 9.94. The fourth-order valence-electron chi connectivity index (χ4n) is 4.14. The van der Waals surface area contributed by atoms with Crippen LogP contribution in [0.2, 0.25) is 0 Å². The largest absolute Gasteiger partial charge is 0.344 e. The SMILES string of the molecule is CC(C)CC(NC(=O)C1(n2cnnn2)CCCCC1)c1nnc2ccccn12. The number of rotatable bonds is 6. The number of hydrogen-bond donors (Lipinski definition) is 1. The van der Waals surface area contributed by atoms with Gasteiger partial charge in [0.05, 0.1) is 6.04 Å². The summed E-state index contributed by atoms with van der Waals surface area (Å²) >= 11 is 0. The number of carbonyl (C=O) groups is 1. The van der Waals surface area contributed by atoms with E-state index in [-0.39, 0.29) is 11.9 Å². The van der Waals surface area contributed by atoms with Gasteiger partial charge in [0.25, 0.3) is 0 Å². The lowest BCUT2D eigenvalue weighted by Gasteiger charge is -2.36. The lowest BCUT2D eigenvalue weighted by Crippen LogP contribution is -2.51. The molecule has 1 saturated carbocycles. The van der Waals surface area contributed by atoms with Crippen LogP contribution >= 0.6 is 0 Å². The Kier molecular flexibility index (Phi) is 5.06. The van der Waals surface area contributed by atoms with Crippen molar-refractivity contribution in [3.05, 3.63) is 36.5 Å². The van der Waals surface area contributed by atoms with Gasteiger partial charge in [0.15, 0.2) is 11.5 Å². The van der Waals surface area contributed by atoms with Crippen LogP contribution < -0.4 is 5.32 Å². The second kappa shape index (κ2) is 7.65. The molecule has 1 unspecified atom stereocenters. The first-order chi connectivity index (χ1) is 13.6. The molecule has 3 heterocycles. The summed E-state index contributed by atoms with van der Waals surface area (Å²) in [6.45, 7) is 4.28. The van der Waals surface area contributed by atoms with Gasteiger partial charge in [-0.25, -0.2) is 4.68 Å². The molecule has 0 aromatic carbocycles. The van der Waals surface area contributed by atoms with Crippen molar-refractivity contribution in [2.75, 3.05) is 0 Å². The average molecular weight is 382 g/mol. The number of pyridine rings is 1. The predicted molar refractivity (Wildman–Crippen MR) is 102 cm³/mol. The van der Waals surface area contributed by atoms with Crippen LogP contribution in [0.5, 0.6) is 0 Å². The Morgan fingerprint density at radius 1 is 1.21 bits per heavy atom. The first-order valence-corrected chi connectivity index (χ1v) is 9.94. The van der Waals surface area contributed by atoms with E-state index in [9.17, 15) is 4.79 Å². The summed E-state index contributed by atoms with van der Waals surface area (Å²) in [6.07, 6.45) is 8.81. The second-order valence-corrected chi connectivity index (χ2v) is 7.99. The zero-order valence-corrected chi connectivity index (χ0v) is 16.3. The minimum Gasteiger partial charge on any atom is -0.344 e. The van der Waals surface area contributed by atoms with Crippen LogP contribution in [0, 0.1) is 5.92 Å². The van der Waals surface area contributed by atoms with Gasteiger partial charge in [0.2, 0.25) is 5.91 Å². The molecule has 148 valence electrons. The van der Waals surface area contributed by atoms with Crippen molar-refractivity contribution in [1.82, 2.24) is 40.1 Å². The summed E-state index contributed by atoms with van der Waals surface area (Å²) in [5.41, 5.74) is 0.0330. The number of nitrogens with one attached hydrogen (secondary N) is 1. The molecule has 1 amide bonds. The van der Waals surface area contributed by atoms with Crippen LogP contribution in [0.3, 0.4) is 0 Å². The van der Waals surface area contributed by atoms with E-state index in [1.807, 2.05) is 28.8 Å². The molecule has 3 aromatic heterocycles. The Hall–Kier alpha value is -2.84. The monoisotopic (exact) mass is 382 g/mol. The molecule has 1 fully saturated rings. The van der Waals surface area contributed by atoms with Crippen molar-refractivity contribution < 1.29 is 4.79 Å². The zero-order valence-electron chi connectivity index (χ0n) is 16.3. The molecule has 0 spiro atoms. The standard InChI is InChI=1S/C19H26N8O/c1-14(2)12-15(17-23-22-16-8-4-7-11-26(16)17)21-18(28)19(9-5-3-6-10-19)27-13-20-24-25-27/h4,7-8,11,13-15H,3,5-6,9-10,12H2,1-2H3,(H,21,28). The van der Waals surface area contributed by atoms with E-state index in [2.05, 4.69) is 44.9 Å². The number of hydrogen-bond acceptors (Lipinski definition) is 6. The molecule has 4 rings (SSSR count). The van der Waals surface area contributed by atoms with Crippen molar-refractivity contribution in [2.24, 2.45) is 5.92 Å². The molecule has 28 heavy (non-hydrogen) atoms. The van der Waals surface area contributed by atoms with Crippen LogP contribution in [-0.4, -0.2) is 40.7 Å². The van der Waals surface area contributed by atoms with Gasteiger partial charge in [-0.15, -0.1) is 15.3 Å². The Balaban J connectivity index is 1.67. The lowest BCUT2D eigenvalue weighted by atomic mass is 9.80. The summed E-state index contributed by atoms with van der Waals surface area (Å²) in [5.74, 6) is 1.09. The highest BCUT2D eigenvalue weighted by Crippen LogP contribution is 2.35. The highest BCUT2D eigenvalue weighted by atomic mass is 16.2. The maximum Gasteiger partial charge on any atom is 0.248 e. The number of tetrazole rings is 1. The number of carbonyl (C=O) groups excluding carboxylic acids is 1. The molecule has 0 aliphatic heterocycles. The third-order valence-corrected chi connectivity index (χ3v) is 5.56. The van der Waals surface area contributed by atoms with Gasteiger partial charge >= 0.3 is 0 Å². The van der Waals surface area contributed by atoms with Crippen molar-refractivity contribution in [1.29, 1.82) is 0 Å². The van der Waals surface area contributed by atoms with Gasteiger partial charge in [0, 0.05) is 6.20 Å². The Labute approximate surface area is 163 Å². The molecule has 9 heteroatoms. The summed E-state index contributed by atoms with van der Waals surface area (Å²) in [5, 5.41) is 23.5. The van der Waals surface area contributed by atoms with E-state index in [0.29, 0.717) is 5.92 Å². The smallest absolute Gasteiger partial charge is 0.248 e. The van der Waals surface area contributed by atoms with E-state index in [1.165, 1.54) is 0 Å². The summed E-state index contributed by atoms with van der Waals surface area (Å²) in [7, 11) is 0. The van der Waals surface area contributed by atoms with E-state index >= 15 is 0 Å². The zero-order chi connectivity index (χ0) is 19.6. The fourth-order valence-corrected chi connectivity index (χ4v) is 4.14. The summed E-state index contributed by atoms with van der Waals surface area (Å²) in [4.78, 5) is 13.6. The van der Waals surface area contributed by atoms with Crippen LogP contribution in [0.25, 0.3) is 5.65 Å². The second-order valence-electron chi connectivity index (χ2n) is 7.99. The Bertz CT molecular complexity index is 926. The summed E-state index contributed by atoms with van der Waals surface area (Å²) < 4.78 is 3.58. The van der Waals surface area contributed by atoms with Crippen LogP contribution in [0.4, 0.5) is 0 Å². The van der Waals surface area contributed by atoms with Gasteiger partial charge in [-0.05, 0) is 47.7 Å². The van der Waals surface area contributed by atoms with Gasteiger partial charge in [0.1, 0.15) is 11.9 Å². The average Bonchev–Trinajstić information content (AvgIpc) is 3.38. The van der Waals surface area contributed by atoms with Crippen molar-refractivity contribution in [3.8, 4) is 0 Å². The molecule has 3 aromatic rings. The number of nitrogens with zero attached hydrogens (tertiary/aromatic N) is 7. The van der Waals surface area contributed by atoms with Gasteiger partial charge in [-0.2, -0.15) is 0 Å². The van der Waals surface area contributed by atoms with E-state index in [0.717, 1.165) is 50.0 Å². The van der Waals surface area contributed by atoms with Gasteiger partial charge in [-0.1, -0.05) is 39.2 Å². The minimum atomic E-state index is -0.739. The van der Waals surface area contributed by atoms with Crippen LogP contribution in [-0.2, 0) is 10.3 Å². The first kappa shape index (κ1) is 18.5. The molecule has 9 nitrogen and oxygen atoms in total. The molecule has 1 N–H and O–H groups in total. The molecule has 0 radical (unpaired) electrons. The molecule has 1 atom stereocenters. The molecular formula is C19H26N8O. The minimum absolute atomic E-state index is 0.0437. The maximum absolute atomic E-state index is 13.6. The number of aromatic nitrogens is 7. The number of fused-ring (bicyclic) bond motifs is 1. The van der Waals surface area contributed by atoms with Crippen LogP contribution in [0.1, 0.15) is 64.2 Å². The van der Waals surface area contributed by atoms with Crippen LogP contribution in [0.15, 0.2) is 30.7 Å². The third kappa shape index (κ3) is 3.36. The Morgan fingerprint density at radius 3 is 2.75 bits per heavy atom. The topological polar surface area (TPSA) is 103 Å². The lowest BCUT2D eigenvalue weighted by molar-refractivity contribution is -0.133. The van der Waals surface area contributed by atoms with Crippen molar-refractivity contribution in [3.63, 3.8) is 0 Å². The van der Waals surface area contributed by atoms with Gasteiger partial charge in [-0.3, -0.25) is 9.20 Å². The highest BCUT2D eigenvalue weighted by molar-refractivity contribution is 5.84. The predicted octanol–water partition coefficient (Wildman–Crippen LogP) is 2.28.